The monoisotopic (exact) mass is 227 g/mol. The molecule has 1 aromatic rings. The van der Waals surface area contributed by atoms with Crippen molar-refractivity contribution in [1.82, 2.24) is 5.32 Å². The molecule has 0 saturated heterocycles. The van der Waals surface area contributed by atoms with Gasteiger partial charge in [0.2, 0.25) is 0 Å². The van der Waals surface area contributed by atoms with Crippen molar-refractivity contribution in [3.63, 3.8) is 0 Å². The molecule has 3 nitrogen and oxygen atoms in total. The molecule has 4 heteroatoms. The summed E-state index contributed by atoms with van der Waals surface area (Å²) in [7, 11) is 0. The second-order valence-corrected chi connectivity index (χ2v) is 4.77. The van der Waals surface area contributed by atoms with Crippen molar-refractivity contribution in [1.29, 1.82) is 0 Å². The lowest BCUT2D eigenvalue weighted by Crippen LogP contribution is -2.29. The first-order valence-electron chi connectivity index (χ1n) is 5.10. The molecule has 84 valence electrons. The molecular weight excluding hydrogens is 210 g/mol. The van der Waals surface area contributed by atoms with Gasteiger partial charge < -0.3 is 10.4 Å². The predicted molar refractivity (Wildman–Crippen MR) is 62.4 cm³/mol. The van der Waals surface area contributed by atoms with Crippen LogP contribution in [0.15, 0.2) is 6.07 Å². The van der Waals surface area contributed by atoms with E-state index in [4.69, 9.17) is 5.11 Å². The molecule has 1 atom stereocenters. The van der Waals surface area contributed by atoms with Gasteiger partial charge in [0.05, 0.1) is 11.0 Å². The zero-order chi connectivity index (χ0) is 11.4. The largest absolute Gasteiger partial charge is 0.392 e. The number of amides is 1. The maximum Gasteiger partial charge on any atom is 0.261 e. The molecule has 0 aliphatic carbocycles. The fourth-order valence-corrected chi connectivity index (χ4v) is 2.34. The molecule has 0 aromatic carbocycles. The highest BCUT2D eigenvalue weighted by Crippen LogP contribution is 2.22. The minimum atomic E-state index is -0.499. The van der Waals surface area contributed by atoms with E-state index in [0.29, 0.717) is 6.54 Å². The van der Waals surface area contributed by atoms with Crippen LogP contribution in [0, 0.1) is 6.92 Å². The molecule has 0 radical (unpaired) electrons. The molecule has 1 rings (SSSR count). The number of aryl methyl sites for hydroxylation is 2. The first-order valence-corrected chi connectivity index (χ1v) is 5.91. The van der Waals surface area contributed by atoms with Crippen molar-refractivity contribution in [2.75, 3.05) is 6.54 Å². The molecule has 1 heterocycles. The molecule has 0 aliphatic rings. The van der Waals surface area contributed by atoms with Crippen molar-refractivity contribution in [3.8, 4) is 0 Å². The average molecular weight is 227 g/mol. The van der Waals surface area contributed by atoms with Gasteiger partial charge in [0.15, 0.2) is 0 Å². The highest BCUT2D eigenvalue weighted by atomic mass is 32.1. The maximum absolute atomic E-state index is 11.6. The van der Waals surface area contributed by atoms with Crippen LogP contribution in [0.2, 0.25) is 0 Å². The van der Waals surface area contributed by atoms with E-state index in [1.54, 1.807) is 6.92 Å². The van der Waals surface area contributed by atoms with Crippen molar-refractivity contribution in [2.45, 2.75) is 33.3 Å². The lowest BCUT2D eigenvalue weighted by atomic mass is 10.2. The van der Waals surface area contributed by atoms with Gasteiger partial charge >= 0.3 is 0 Å². The van der Waals surface area contributed by atoms with E-state index in [2.05, 4.69) is 12.2 Å². The fourth-order valence-electron chi connectivity index (χ4n) is 1.31. The van der Waals surface area contributed by atoms with Crippen LogP contribution in [0.3, 0.4) is 0 Å². The Kier molecular flexibility index (Phi) is 4.29. The third-order valence-corrected chi connectivity index (χ3v) is 3.50. The van der Waals surface area contributed by atoms with E-state index in [9.17, 15) is 4.79 Å². The van der Waals surface area contributed by atoms with Crippen LogP contribution in [0.1, 0.15) is 34.0 Å². The molecule has 1 amide bonds. The molecule has 0 unspecified atom stereocenters. The fraction of sp³-hybridized carbons (Fsp3) is 0.545. The Morgan fingerprint density at radius 1 is 1.67 bits per heavy atom. The highest BCUT2D eigenvalue weighted by Gasteiger charge is 2.11. The van der Waals surface area contributed by atoms with Crippen molar-refractivity contribution in [2.24, 2.45) is 0 Å². The Balaban J connectivity index is 2.66. The summed E-state index contributed by atoms with van der Waals surface area (Å²) >= 11 is 1.53. The number of carbonyl (C=O) groups excluding carboxylic acids is 1. The summed E-state index contributed by atoms with van der Waals surface area (Å²) in [5, 5.41) is 11.7. The Labute approximate surface area is 94.1 Å². The van der Waals surface area contributed by atoms with E-state index in [1.807, 2.05) is 13.0 Å². The SMILES string of the molecule is CCc1sc(C(=O)NC[C@H](C)O)cc1C. The van der Waals surface area contributed by atoms with E-state index in [1.165, 1.54) is 21.8 Å². The zero-order valence-corrected chi connectivity index (χ0v) is 10.1. The average Bonchev–Trinajstić information content (AvgIpc) is 2.56. The van der Waals surface area contributed by atoms with Gasteiger partial charge in [-0.2, -0.15) is 0 Å². The predicted octanol–water partition coefficient (Wildman–Crippen LogP) is 1.73. The number of aliphatic hydroxyl groups excluding tert-OH is 1. The van der Waals surface area contributed by atoms with Crippen LogP contribution in [0.25, 0.3) is 0 Å². The van der Waals surface area contributed by atoms with E-state index < -0.39 is 6.10 Å². The molecule has 0 aliphatic heterocycles. The van der Waals surface area contributed by atoms with Crippen molar-refractivity contribution in [3.05, 3.63) is 21.4 Å². The first kappa shape index (κ1) is 12.2. The minimum absolute atomic E-state index is 0.0938. The second-order valence-electron chi connectivity index (χ2n) is 3.63. The van der Waals surface area contributed by atoms with Gasteiger partial charge in [-0.15, -0.1) is 11.3 Å². The Bertz CT molecular complexity index is 344. The van der Waals surface area contributed by atoms with Gasteiger partial charge in [-0.1, -0.05) is 6.92 Å². The van der Waals surface area contributed by atoms with Gasteiger partial charge in [-0.05, 0) is 31.9 Å². The summed E-state index contributed by atoms with van der Waals surface area (Å²) in [6.07, 6.45) is 0.459. The normalized spacial score (nSPS) is 12.5. The molecule has 2 N–H and O–H groups in total. The van der Waals surface area contributed by atoms with Gasteiger partial charge in [-0.25, -0.2) is 0 Å². The third kappa shape index (κ3) is 3.32. The molecular formula is C11H17NO2S. The van der Waals surface area contributed by atoms with Gasteiger partial charge in [0.25, 0.3) is 5.91 Å². The summed E-state index contributed by atoms with van der Waals surface area (Å²) in [4.78, 5) is 13.6. The Morgan fingerprint density at radius 3 is 2.80 bits per heavy atom. The van der Waals surface area contributed by atoms with E-state index in [-0.39, 0.29) is 5.91 Å². The lowest BCUT2D eigenvalue weighted by molar-refractivity contribution is 0.0928. The van der Waals surface area contributed by atoms with Gasteiger partial charge in [0, 0.05) is 11.4 Å². The van der Waals surface area contributed by atoms with Crippen LogP contribution in [0.5, 0.6) is 0 Å². The standard InChI is InChI=1S/C11H17NO2S/c1-4-9-7(2)5-10(15-9)11(14)12-6-8(3)13/h5,8,13H,4,6H2,1-3H3,(H,12,14)/t8-/m0/s1. The third-order valence-electron chi connectivity index (χ3n) is 2.12. The van der Waals surface area contributed by atoms with Gasteiger partial charge in [-0.3, -0.25) is 4.79 Å². The topological polar surface area (TPSA) is 49.3 Å². The van der Waals surface area contributed by atoms with Crippen LogP contribution in [-0.4, -0.2) is 23.7 Å². The summed E-state index contributed by atoms with van der Waals surface area (Å²) in [6.45, 7) is 6.05. The van der Waals surface area contributed by atoms with Crippen LogP contribution in [0.4, 0.5) is 0 Å². The molecule has 15 heavy (non-hydrogen) atoms. The number of aliphatic hydroxyl groups is 1. The number of thiophene rings is 1. The lowest BCUT2D eigenvalue weighted by Gasteiger charge is -2.04. The number of hydrogen-bond acceptors (Lipinski definition) is 3. The van der Waals surface area contributed by atoms with Crippen LogP contribution >= 0.6 is 11.3 Å². The summed E-state index contributed by atoms with van der Waals surface area (Å²) in [6, 6.07) is 1.90. The number of nitrogens with one attached hydrogen (secondary N) is 1. The zero-order valence-electron chi connectivity index (χ0n) is 9.33. The van der Waals surface area contributed by atoms with E-state index in [0.717, 1.165) is 11.3 Å². The molecule has 0 bridgehead atoms. The summed E-state index contributed by atoms with van der Waals surface area (Å²) in [5.41, 5.74) is 1.17. The second kappa shape index (κ2) is 5.28. The number of rotatable bonds is 4. The number of carbonyl (C=O) groups is 1. The Hall–Kier alpha value is -0.870. The van der Waals surface area contributed by atoms with Crippen LogP contribution < -0.4 is 5.32 Å². The Morgan fingerprint density at radius 2 is 2.33 bits per heavy atom. The van der Waals surface area contributed by atoms with Crippen molar-refractivity contribution >= 4 is 17.2 Å². The minimum Gasteiger partial charge on any atom is -0.392 e. The van der Waals surface area contributed by atoms with Crippen LogP contribution in [-0.2, 0) is 6.42 Å². The smallest absolute Gasteiger partial charge is 0.261 e. The van der Waals surface area contributed by atoms with Crippen molar-refractivity contribution < 1.29 is 9.90 Å². The maximum atomic E-state index is 11.6. The quantitative estimate of drug-likeness (QED) is 0.823. The first-order chi connectivity index (χ1) is 7.04. The molecule has 0 saturated carbocycles. The highest BCUT2D eigenvalue weighted by molar-refractivity contribution is 7.14. The summed E-state index contributed by atoms with van der Waals surface area (Å²) < 4.78 is 0. The van der Waals surface area contributed by atoms with Gasteiger partial charge in [0.1, 0.15) is 0 Å². The molecule has 0 spiro atoms. The van der Waals surface area contributed by atoms with E-state index >= 15 is 0 Å². The summed E-state index contributed by atoms with van der Waals surface area (Å²) in [5.74, 6) is -0.0938. The number of hydrogen-bond donors (Lipinski definition) is 2. The molecule has 1 aromatic heterocycles. The molecule has 0 fully saturated rings.